The van der Waals surface area contributed by atoms with Crippen LogP contribution < -0.4 is 11.3 Å². The van der Waals surface area contributed by atoms with Crippen molar-refractivity contribution in [1.82, 2.24) is 5.43 Å². The molecule has 2 aromatic rings. The topological polar surface area (TPSA) is 38.0 Å². The van der Waals surface area contributed by atoms with Crippen LogP contribution in [0.25, 0.3) is 9.40 Å². The molecule has 0 aromatic carbocycles. The summed E-state index contributed by atoms with van der Waals surface area (Å²) in [6.07, 6.45) is 0. The monoisotopic (exact) mass is 184 g/mol. The first-order valence-corrected chi connectivity index (χ1v) is 4.99. The maximum absolute atomic E-state index is 5.21. The standard InChI is InChI=1S/C7H8N2S2/c8-9-4-5-3-7-6(11-5)1-2-10-7/h1-3,9H,4,8H2. The van der Waals surface area contributed by atoms with Crippen molar-refractivity contribution in [3.8, 4) is 0 Å². The van der Waals surface area contributed by atoms with E-state index in [-0.39, 0.29) is 0 Å². The molecule has 0 atom stereocenters. The minimum atomic E-state index is 0.770. The summed E-state index contributed by atoms with van der Waals surface area (Å²) < 4.78 is 2.72. The van der Waals surface area contributed by atoms with Crippen LogP contribution in [0.5, 0.6) is 0 Å². The Morgan fingerprint density at radius 1 is 1.45 bits per heavy atom. The maximum Gasteiger partial charge on any atom is 0.0453 e. The van der Waals surface area contributed by atoms with Crippen molar-refractivity contribution < 1.29 is 0 Å². The van der Waals surface area contributed by atoms with E-state index < -0.39 is 0 Å². The van der Waals surface area contributed by atoms with Crippen molar-refractivity contribution in [3.05, 3.63) is 22.4 Å². The third-order valence-corrected chi connectivity index (χ3v) is 3.56. The highest BCUT2D eigenvalue weighted by molar-refractivity contribution is 7.26. The van der Waals surface area contributed by atoms with Gasteiger partial charge in [-0.25, -0.2) is 0 Å². The lowest BCUT2D eigenvalue weighted by Gasteiger charge is -1.90. The Kier molecular flexibility index (Phi) is 1.91. The number of fused-ring (bicyclic) bond motifs is 1. The van der Waals surface area contributed by atoms with Crippen molar-refractivity contribution in [2.45, 2.75) is 6.54 Å². The van der Waals surface area contributed by atoms with Crippen molar-refractivity contribution in [2.75, 3.05) is 0 Å². The highest BCUT2D eigenvalue weighted by Gasteiger charge is 2.00. The smallest absolute Gasteiger partial charge is 0.0453 e. The molecule has 0 radical (unpaired) electrons. The van der Waals surface area contributed by atoms with Crippen LogP contribution in [0.3, 0.4) is 0 Å². The predicted octanol–water partition coefficient (Wildman–Crippen LogP) is 1.93. The van der Waals surface area contributed by atoms with Gasteiger partial charge in [0.1, 0.15) is 0 Å². The van der Waals surface area contributed by atoms with Crippen LogP contribution in [0.1, 0.15) is 4.88 Å². The van der Waals surface area contributed by atoms with E-state index >= 15 is 0 Å². The van der Waals surface area contributed by atoms with Crippen molar-refractivity contribution in [3.63, 3.8) is 0 Å². The Morgan fingerprint density at radius 2 is 2.36 bits per heavy atom. The fourth-order valence-electron chi connectivity index (χ4n) is 1.00. The molecule has 2 nitrogen and oxygen atoms in total. The summed E-state index contributed by atoms with van der Waals surface area (Å²) in [4.78, 5) is 1.30. The lowest BCUT2D eigenvalue weighted by atomic mass is 10.4. The second-order valence-electron chi connectivity index (χ2n) is 2.24. The maximum atomic E-state index is 5.21. The van der Waals surface area contributed by atoms with Gasteiger partial charge in [0.2, 0.25) is 0 Å². The van der Waals surface area contributed by atoms with Gasteiger partial charge in [0.25, 0.3) is 0 Å². The van der Waals surface area contributed by atoms with Crippen molar-refractivity contribution in [1.29, 1.82) is 0 Å². The quantitative estimate of drug-likeness (QED) is 0.553. The van der Waals surface area contributed by atoms with Gasteiger partial charge in [-0.1, -0.05) is 0 Å². The van der Waals surface area contributed by atoms with Gasteiger partial charge < -0.3 is 0 Å². The van der Waals surface area contributed by atoms with E-state index in [9.17, 15) is 0 Å². The first-order chi connectivity index (χ1) is 5.40. The third-order valence-electron chi connectivity index (χ3n) is 1.47. The number of thiophene rings is 2. The Hall–Kier alpha value is -0.420. The van der Waals surface area contributed by atoms with Crippen LogP contribution in [0, 0.1) is 0 Å². The molecule has 0 bridgehead atoms. The lowest BCUT2D eigenvalue weighted by Crippen LogP contribution is -2.19. The molecular formula is C7H8N2S2. The van der Waals surface area contributed by atoms with Crippen LogP contribution in [0.2, 0.25) is 0 Å². The van der Waals surface area contributed by atoms with Gasteiger partial charge in [0, 0.05) is 20.8 Å². The van der Waals surface area contributed by atoms with Crippen LogP contribution in [-0.4, -0.2) is 0 Å². The molecule has 2 heterocycles. The number of rotatable bonds is 2. The average Bonchev–Trinajstić information content (AvgIpc) is 2.46. The molecule has 11 heavy (non-hydrogen) atoms. The van der Waals surface area contributed by atoms with Gasteiger partial charge >= 0.3 is 0 Å². The van der Waals surface area contributed by atoms with Crippen molar-refractivity contribution >= 4 is 32.1 Å². The zero-order chi connectivity index (χ0) is 7.68. The molecular weight excluding hydrogens is 176 g/mol. The molecule has 0 spiro atoms. The molecule has 0 unspecified atom stereocenters. The van der Waals surface area contributed by atoms with Gasteiger partial charge in [0.15, 0.2) is 0 Å². The average molecular weight is 184 g/mol. The Morgan fingerprint density at radius 3 is 3.09 bits per heavy atom. The van der Waals surface area contributed by atoms with E-state index in [0.29, 0.717) is 0 Å². The van der Waals surface area contributed by atoms with E-state index in [1.54, 1.807) is 22.7 Å². The number of hydrazine groups is 1. The van der Waals surface area contributed by atoms with Crippen LogP contribution in [0.4, 0.5) is 0 Å². The highest BCUT2D eigenvalue weighted by atomic mass is 32.1. The molecule has 2 rings (SSSR count). The molecule has 4 heteroatoms. The first kappa shape index (κ1) is 7.24. The zero-order valence-electron chi connectivity index (χ0n) is 5.83. The van der Waals surface area contributed by atoms with Gasteiger partial charge in [-0.15, -0.1) is 22.7 Å². The normalized spacial score (nSPS) is 11.0. The fourth-order valence-corrected chi connectivity index (χ4v) is 3.09. The summed E-state index contributed by atoms with van der Waals surface area (Å²) in [5.41, 5.74) is 2.65. The Bertz CT molecular complexity index is 321. The molecule has 0 aliphatic carbocycles. The van der Waals surface area contributed by atoms with Crippen molar-refractivity contribution in [2.24, 2.45) is 5.84 Å². The molecule has 0 amide bonds. The van der Waals surface area contributed by atoms with Crippen LogP contribution in [0.15, 0.2) is 17.5 Å². The van der Waals surface area contributed by atoms with E-state index in [1.165, 1.54) is 14.3 Å². The number of nitrogens with one attached hydrogen (secondary N) is 1. The van der Waals surface area contributed by atoms with E-state index in [2.05, 4.69) is 22.9 Å². The highest BCUT2D eigenvalue weighted by Crippen LogP contribution is 2.29. The summed E-state index contributed by atoms with van der Waals surface area (Å²) >= 11 is 3.57. The van der Waals surface area contributed by atoms with Crippen LogP contribution in [-0.2, 0) is 6.54 Å². The minimum Gasteiger partial charge on any atom is -0.271 e. The van der Waals surface area contributed by atoms with Crippen LogP contribution >= 0.6 is 22.7 Å². The molecule has 3 N–H and O–H groups in total. The van der Waals surface area contributed by atoms with Gasteiger partial charge in [0.05, 0.1) is 0 Å². The van der Waals surface area contributed by atoms with E-state index in [4.69, 9.17) is 5.84 Å². The van der Waals surface area contributed by atoms with Gasteiger partial charge in [-0.05, 0) is 17.5 Å². The Labute approximate surface area is 72.6 Å². The summed E-state index contributed by atoms with van der Waals surface area (Å²) in [5.74, 6) is 5.21. The number of nitrogens with two attached hydrogens (primary N) is 1. The number of hydrogen-bond acceptors (Lipinski definition) is 4. The van der Waals surface area contributed by atoms with Gasteiger partial charge in [-0.2, -0.15) is 0 Å². The SMILES string of the molecule is NNCc1cc2sccc2s1. The van der Waals surface area contributed by atoms with Gasteiger partial charge in [-0.3, -0.25) is 11.3 Å². The summed E-state index contributed by atoms with van der Waals surface area (Å²) in [7, 11) is 0. The number of hydrogen-bond donors (Lipinski definition) is 2. The summed E-state index contributed by atoms with van der Waals surface area (Å²) in [6.45, 7) is 0.770. The Balaban J connectivity index is 2.42. The molecule has 2 aromatic heterocycles. The second kappa shape index (κ2) is 2.91. The third kappa shape index (κ3) is 1.30. The summed E-state index contributed by atoms with van der Waals surface area (Å²) in [6, 6.07) is 4.33. The molecule has 0 fully saturated rings. The molecule has 58 valence electrons. The first-order valence-electron chi connectivity index (χ1n) is 3.29. The molecule has 0 saturated carbocycles. The molecule has 0 saturated heterocycles. The molecule has 0 aliphatic rings. The minimum absolute atomic E-state index is 0.770. The lowest BCUT2D eigenvalue weighted by molar-refractivity contribution is 0.751. The van der Waals surface area contributed by atoms with E-state index in [0.717, 1.165) is 6.54 Å². The summed E-state index contributed by atoms with van der Waals surface area (Å²) in [5, 5.41) is 2.11. The largest absolute Gasteiger partial charge is 0.271 e. The fraction of sp³-hybridized carbons (Fsp3) is 0.143. The molecule has 0 aliphatic heterocycles. The second-order valence-corrected chi connectivity index (χ2v) is 4.36. The predicted molar refractivity (Wildman–Crippen MR) is 50.7 cm³/mol. The van der Waals surface area contributed by atoms with E-state index in [1.807, 2.05) is 0 Å². The zero-order valence-corrected chi connectivity index (χ0v) is 7.47.